The summed E-state index contributed by atoms with van der Waals surface area (Å²) < 4.78 is 29.0. The number of rotatable bonds is 6. The van der Waals surface area contributed by atoms with E-state index in [2.05, 4.69) is 4.98 Å². The Morgan fingerprint density at radius 3 is 2.60 bits per heavy atom. The van der Waals surface area contributed by atoms with Crippen LogP contribution in [-0.4, -0.2) is 17.1 Å². The van der Waals surface area contributed by atoms with Crippen LogP contribution in [0.2, 0.25) is 0 Å². The molecule has 0 aliphatic rings. The summed E-state index contributed by atoms with van der Waals surface area (Å²) in [6.45, 7) is 1.46. The lowest BCUT2D eigenvalue weighted by Crippen LogP contribution is -2.26. The molecule has 128 valence electrons. The maximum atomic E-state index is 12.9. The molecule has 3 aromatic rings. The number of nitrogens with zero attached hydrogens (tertiary/aromatic N) is 1. The predicted molar refractivity (Wildman–Crippen MR) is 88.2 cm³/mol. The van der Waals surface area contributed by atoms with Crippen LogP contribution in [0.5, 0.6) is 5.75 Å². The fraction of sp³-hybridized carbons (Fsp3) is 0.158. The molecular formula is C19H16FNO4. The summed E-state index contributed by atoms with van der Waals surface area (Å²) in [6, 6.07) is 14.9. The molecule has 3 rings (SSSR count). The molecule has 0 N–H and O–H groups in total. The first kappa shape index (κ1) is 16.7. The van der Waals surface area contributed by atoms with E-state index in [0.29, 0.717) is 17.4 Å². The van der Waals surface area contributed by atoms with Crippen molar-refractivity contribution in [3.8, 4) is 17.1 Å². The van der Waals surface area contributed by atoms with E-state index in [1.807, 2.05) is 30.3 Å². The highest BCUT2D eigenvalue weighted by Gasteiger charge is 2.18. The molecule has 25 heavy (non-hydrogen) atoms. The Morgan fingerprint density at radius 1 is 1.16 bits per heavy atom. The van der Waals surface area contributed by atoms with E-state index >= 15 is 0 Å². The van der Waals surface area contributed by atoms with E-state index in [1.165, 1.54) is 24.3 Å². The molecule has 0 bridgehead atoms. The fourth-order valence-corrected chi connectivity index (χ4v) is 2.13. The second-order valence-corrected chi connectivity index (χ2v) is 5.31. The highest BCUT2D eigenvalue weighted by atomic mass is 19.1. The van der Waals surface area contributed by atoms with Crippen molar-refractivity contribution < 1.29 is 23.1 Å². The summed E-state index contributed by atoms with van der Waals surface area (Å²) in [5.74, 6) is 0.335. The summed E-state index contributed by atoms with van der Waals surface area (Å²) >= 11 is 0. The number of oxazole rings is 1. The Kier molecular flexibility index (Phi) is 5.09. The van der Waals surface area contributed by atoms with Crippen LogP contribution in [0, 0.1) is 5.82 Å². The highest BCUT2D eigenvalue weighted by Crippen LogP contribution is 2.20. The minimum Gasteiger partial charge on any atom is -0.479 e. The van der Waals surface area contributed by atoms with Crippen LogP contribution in [0.25, 0.3) is 11.3 Å². The molecule has 0 aliphatic heterocycles. The van der Waals surface area contributed by atoms with E-state index in [1.54, 1.807) is 13.1 Å². The van der Waals surface area contributed by atoms with Crippen molar-refractivity contribution >= 4 is 5.97 Å². The van der Waals surface area contributed by atoms with E-state index < -0.39 is 12.1 Å². The second kappa shape index (κ2) is 7.61. The van der Waals surface area contributed by atoms with Crippen molar-refractivity contribution in [1.82, 2.24) is 4.98 Å². The van der Waals surface area contributed by atoms with Crippen molar-refractivity contribution in [2.24, 2.45) is 0 Å². The lowest BCUT2D eigenvalue weighted by atomic mass is 10.2. The van der Waals surface area contributed by atoms with Gasteiger partial charge in [0.2, 0.25) is 5.89 Å². The topological polar surface area (TPSA) is 61.6 Å². The van der Waals surface area contributed by atoms with Gasteiger partial charge < -0.3 is 13.9 Å². The van der Waals surface area contributed by atoms with Crippen molar-refractivity contribution in [2.75, 3.05) is 0 Å². The second-order valence-electron chi connectivity index (χ2n) is 5.31. The molecule has 0 saturated carbocycles. The van der Waals surface area contributed by atoms with E-state index in [-0.39, 0.29) is 12.4 Å². The molecule has 2 aromatic carbocycles. The third-order valence-corrected chi connectivity index (χ3v) is 3.41. The quantitative estimate of drug-likeness (QED) is 0.634. The lowest BCUT2D eigenvalue weighted by molar-refractivity contribution is -0.153. The van der Waals surface area contributed by atoms with Crippen LogP contribution in [0.4, 0.5) is 4.39 Å². The van der Waals surface area contributed by atoms with Crippen LogP contribution in [0.1, 0.15) is 12.8 Å². The van der Waals surface area contributed by atoms with Crippen LogP contribution in [0.15, 0.2) is 65.2 Å². The van der Waals surface area contributed by atoms with E-state index in [4.69, 9.17) is 13.9 Å². The van der Waals surface area contributed by atoms with Gasteiger partial charge in [-0.2, -0.15) is 0 Å². The Balaban J connectivity index is 1.53. The van der Waals surface area contributed by atoms with Crippen LogP contribution in [0.3, 0.4) is 0 Å². The zero-order chi connectivity index (χ0) is 17.6. The van der Waals surface area contributed by atoms with Crippen LogP contribution >= 0.6 is 0 Å². The average molecular weight is 341 g/mol. The number of halogens is 1. The molecule has 0 aliphatic carbocycles. The predicted octanol–water partition coefficient (Wildman–Crippen LogP) is 3.99. The third kappa shape index (κ3) is 4.44. The smallest absolute Gasteiger partial charge is 0.347 e. The Hall–Kier alpha value is -3.15. The first-order valence-corrected chi connectivity index (χ1v) is 7.71. The molecule has 1 heterocycles. The molecule has 0 radical (unpaired) electrons. The lowest BCUT2D eigenvalue weighted by Gasteiger charge is -2.13. The summed E-state index contributed by atoms with van der Waals surface area (Å²) in [6.07, 6.45) is 0.741. The van der Waals surface area contributed by atoms with Gasteiger partial charge in [0.15, 0.2) is 18.5 Å². The maximum Gasteiger partial charge on any atom is 0.347 e. The van der Waals surface area contributed by atoms with Crippen molar-refractivity contribution in [3.63, 3.8) is 0 Å². The maximum absolute atomic E-state index is 12.9. The molecule has 0 spiro atoms. The molecule has 1 atom stereocenters. The van der Waals surface area contributed by atoms with Gasteiger partial charge in [-0.15, -0.1) is 0 Å². The third-order valence-electron chi connectivity index (χ3n) is 3.41. The van der Waals surface area contributed by atoms with E-state index in [0.717, 1.165) is 5.56 Å². The van der Waals surface area contributed by atoms with Gasteiger partial charge in [0.25, 0.3) is 0 Å². The number of carbonyl (C=O) groups excluding carboxylic acids is 1. The molecule has 0 unspecified atom stereocenters. The summed E-state index contributed by atoms with van der Waals surface area (Å²) in [7, 11) is 0. The van der Waals surface area contributed by atoms with Crippen molar-refractivity contribution in [2.45, 2.75) is 19.6 Å². The normalized spacial score (nSPS) is 11.8. The Morgan fingerprint density at radius 2 is 1.88 bits per heavy atom. The largest absolute Gasteiger partial charge is 0.479 e. The van der Waals surface area contributed by atoms with Crippen LogP contribution in [-0.2, 0) is 16.1 Å². The first-order chi connectivity index (χ1) is 12.1. The van der Waals surface area contributed by atoms with Crippen molar-refractivity contribution in [3.05, 3.63) is 72.5 Å². The number of aromatic nitrogens is 1. The highest BCUT2D eigenvalue weighted by molar-refractivity contribution is 5.74. The summed E-state index contributed by atoms with van der Waals surface area (Å²) in [4.78, 5) is 16.1. The first-order valence-electron chi connectivity index (χ1n) is 7.71. The van der Waals surface area contributed by atoms with Gasteiger partial charge in [-0.1, -0.05) is 30.3 Å². The Bertz CT molecular complexity index is 830. The number of esters is 1. The standard InChI is InChI=1S/C19H16FNO4/c1-13(24-16-9-7-15(20)8-10-16)19(22)23-12-18-21-11-17(25-18)14-5-3-2-4-6-14/h2-11,13H,12H2,1H3/t13-/m0/s1. The molecule has 0 fully saturated rings. The molecule has 5 nitrogen and oxygen atoms in total. The van der Waals surface area contributed by atoms with Gasteiger partial charge in [-0.05, 0) is 31.2 Å². The van der Waals surface area contributed by atoms with Gasteiger partial charge in [0.1, 0.15) is 11.6 Å². The number of benzene rings is 2. The van der Waals surface area contributed by atoms with Crippen LogP contribution < -0.4 is 4.74 Å². The number of ether oxygens (including phenoxy) is 2. The minimum atomic E-state index is -0.839. The Labute approximate surface area is 144 Å². The van der Waals surface area contributed by atoms with Gasteiger partial charge in [-0.3, -0.25) is 0 Å². The van der Waals surface area contributed by atoms with E-state index in [9.17, 15) is 9.18 Å². The van der Waals surface area contributed by atoms with Gasteiger partial charge in [-0.25, -0.2) is 14.2 Å². The van der Waals surface area contributed by atoms with Gasteiger partial charge >= 0.3 is 5.97 Å². The molecule has 6 heteroatoms. The number of hydrogen-bond donors (Lipinski definition) is 0. The molecular weight excluding hydrogens is 325 g/mol. The summed E-state index contributed by atoms with van der Waals surface area (Å²) in [5.41, 5.74) is 0.889. The fourth-order valence-electron chi connectivity index (χ4n) is 2.13. The molecule has 0 saturated heterocycles. The minimum absolute atomic E-state index is 0.0945. The zero-order valence-electron chi connectivity index (χ0n) is 13.5. The zero-order valence-corrected chi connectivity index (χ0v) is 13.5. The average Bonchev–Trinajstić information content (AvgIpc) is 3.11. The van der Waals surface area contributed by atoms with Crippen molar-refractivity contribution in [1.29, 1.82) is 0 Å². The molecule has 1 aromatic heterocycles. The monoisotopic (exact) mass is 341 g/mol. The number of carbonyl (C=O) groups is 1. The molecule has 0 amide bonds. The summed E-state index contributed by atoms with van der Waals surface area (Å²) in [5, 5.41) is 0. The van der Waals surface area contributed by atoms with Gasteiger partial charge in [0, 0.05) is 5.56 Å². The number of hydrogen-bond acceptors (Lipinski definition) is 5. The van der Waals surface area contributed by atoms with Gasteiger partial charge in [0.05, 0.1) is 6.20 Å². The SMILES string of the molecule is C[C@H](Oc1ccc(F)cc1)C(=O)OCc1ncc(-c2ccccc2)o1.